The topological polar surface area (TPSA) is 46.2 Å². The lowest BCUT2D eigenvalue weighted by Gasteiger charge is -2.33. The summed E-state index contributed by atoms with van der Waals surface area (Å²) in [7, 11) is -1.22. The molecule has 0 bridgehead atoms. The minimum absolute atomic E-state index is 0.0285. The first-order valence-corrected chi connectivity index (χ1v) is 8.02. The molecular formula is C11H21F2NO2S. The molecule has 6 heteroatoms. The van der Waals surface area contributed by atoms with E-state index in [1.165, 1.54) is 6.26 Å². The molecule has 0 aromatic carbocycles. The van der Waals surface area contributed by atoms with E-state index in [9.17, 15) is 17.2 Å². The van der Waals surface area contributed by atoms with Crippen LogP contribution in [0.5, 0.6) is 0 Å². The maximum Gasteiger partial charge on any atom is 0.248 e. The Morgan fingerprint density at radius 1 is 1.35 bits per heavy atom. The molecule has 0 radical (unpaired) electrons. The van der Waals surface area contributed by atoms with Gasteiger partial charge in [-0.05, 0) is 32.2 Å². The number of halogens is 2. The predicted octanol–water partition coefficient (Wildman–Crippen LogP) is 1.83. The van der Waals surface area contributed by atoms with Gasteiger partial charge in [0.05, 0.1) is 5.75 Å². The number of nitrogens with one attached hydrogen (secondary N) is 1. The molecule has 0 aromatic rings. The molecule has 0 spiro atoms. The lowest BCUT2D eigenvalue weighted by molar-refractivity contribution is -0.0494. The van der Waals surface area contributed by atoms with Gasteiger partial charge in [-0.25, -0.2) is 17.2 Å². The Bertz CT molecular complexity index is 333. The summed E-state index contributed by atoms with van der Waals surface area (Å²) in [5.74, 6) is -2.24. The molecule has 1 N–H and O–H groups in total. The van der Waals surface area contributed by atoms with Crippen molar-refractivity contribution in [2.75, 3.05) is 19.1 Å². The second kappa shape index (κ2) is 5.61. The number of hydrogen-bond acceptors (Lipinski definition) is 3. The largest absolute Gasteiger partial charge is 0.317 e. The molecule has 0 saturated heterocycles. The van der Waals surface area contributed by atoms with Crippen LogP contribution in [0.2, 0.25) is 0 Å². The zero-order valence-corrected chi connectivity index (χ0v) is 11.2. The summed E-state index contributed by atoms with van der Waals surface area (Å²) in [6, 6.07) is 0.0285. The van der Waals surface area contributed by atoms with Gasteiger partial charge >= 0.3 is 0 Å². The fourth-order valence-electron chi connectivity index (χ4n) is 2.42. The highest BCUT2D eigenvalue weighted by molar-refractivity contribution is 7.90. The van der Waals surface area contributed by atoms with E-state index in [-0.39, 0.29) is 30.6 Å². The number of rotatable bonds is 5. The fraction of sp³-hybridized carbons (Fsp3) is 1.00. The Labute approximate surface area is 102 Å². The Balaban J connectivity index is 2.46. The van der Waals surface area contributed by atoms with Gasteiger partial charge in [0.15, 0.2) is 0 Å². The van der Waals surface area contributed by atoms with Gasteiger partial charge < -0.3 is 5.32 Å². The summed E-state index contributed by atoms with van der Waals surface area (Å²) in [4.78, 5) is 0. The molecule has 1 unspecified atom stereocenters. The van der Waals surface area contributed by atoms with Crippen LogP contribution in [0.4, 0.5) is 8.78 Å². The molecular weight excluding hydrogens is 248 g/mol. The van der Waals surface area contributed by atoms with Crippen LogP contribution < -0.4 is 5.32 Å². The molecule has 102 valence electrons. The van der Waals surface area contributed by atoms with Crippen molar-refractivity contribution in [3.05, 3.63) is 0 Å². The molecule has 0 aliphatic heterocycles. The van der Waals surface area contributed by atoms with Crippen LogP contribution in [0.3, 0.4) is 0 Å². The van der Waals surface area contributed by atoms with Gasteiger partial charge in [-0.1, -0.05) is 0 Å². The van der Waals surface area contributed by atoms with Crippen molar-refractivity contribution in [2.45, 2.75) is 44.1 Å². The van der Waals surface area contributed by atoms with Crippen molar-refractivity contribution < 1.29 is 17.2 Å². The highest BCUT2D eigenvalue weighted by Crippen LogP contribution is 2.37. The van der Waals surface area contributed by atoms with Gasteiger partial charge in [0.1, 0.15) is 9.84 Å². The average molecular weight is 269 g/mol. The number of hydrogen-bond donors (Lipinski definition) is 1. The van der Waals surface area contributed by atoms with Crippen LogP contribution in [0.1, 0.15) is 32.1 Å². The first-order valence-electron chi connectivity index (χ1n) is 5.96. The predicted molar refractivity (Wildman–Crippen MR) is 64.1 cm³/mol. The molecule has 1 rings (SSSR count). The number of sulfone groups is 1. The van der Waals surface area contributed by atoms with Crippen LogP contribution in [0, 0.1) is 5.92 Å². The summed E-state index contributed by atoms with van der Waals surface area (Å²) < 4.78 is 48.2. The monoisotopic (exact) mass is 269 g/mol. The first kappa shape index (κ1) is 14.8. The Hall–Kier alpha value is -0.230. The molecule has 0 heterocycles. The molecule has 1 aliphatic carbocycles. The Kier molecular flexibility index (Phi) is 4.89. The van der Waals surface area contributed by atoms with E-state index in [0.29, 0.717) is 19.3 Å². The highest BCUT2D eigenvalue weighted by Gasteiger charge is 2.37. The van der Waals surface area contributed by atoms with Gasteiger partial charge in [-0.15, -0.1) is 0 Å². The quantitative estimate of drug-likeness (QED) is 0.828. The standard InChI is InChI=1S/C11H21F2NO2S/c1-14-10(5-8-17(2,15)16)9-3-6-11(12,13)7-4-9/h9-10,14H,3-8H2,1-2H3. The molecule has 1 atom stereocenters. The van der Waals surface area contributed by atoms with Crippen LogP contribution >= 0.6 is 0 Å². The third-order valence-electron chi connectivity index (χ3n) is 3.50. The van der Waals surface area contributed by atoms with Gasteiger partial charge in [-0.2, -0.15) is 0 Å². The summed E-state index contributed by atoms with van der Waals surface area (Å²) in [6.45, 7) is 0. The SMILES string of the molecule is CNC(CCS(C)(=O)=O)C1CCC(F)(F)CC1. The van der Waals surface area contributed by atoms with Crippen LogP contribution in [0.15, 0.2) is 0 Å². The summed E-state index contributed by atoms with van der Waals surface area (Å²) >= 11 is 0. The van der Waals surface area contributed by atoms with Crippen molar-refractivity contribution in [1.82, 2.24) is 5.32 Å². The van der Waals surface area contributed by atoms with Gasteiger partial charge in [-0.3, -0.25) is 0 Å². The molecule has 17 heavy (non-hydrogen) atoms. The minimum Gasteiger partial charge on any atom is -0.317 e. The first-order chi connectivity index (χ1) is 7.73. The van der Waals surface area contributed by atoms with Gasteiger partial charge in [0, 0.05) is 25.1 Å². The third kappa shape index (κ3) is 5.29. The lowest BCUT2D eigenvalue weighted by Crippen LogP contribution is -2.39. The molecule has 1 aliphatic rings. The molecule has 0 aromatic heterocycles. The molecule has 1 fully saturated rings. The van der Waals surface area contributed by atoms with Crippen molar-refractivity contribution in [2.24, 2.45) is 5.92 Å². The Morgan fingerprint density at radius 3 is 2.29 bits per heavy atom. The molecule has 0 amide bonds. The van der Waals surface area contributed by atoms with E-state index in [1.54, 1.807) is 7.05 Å². The van der Waals surface area contributed by atoms with Crippen molar-refractivity contribution in [3.8, 4) is 0 Å². The smallest absolute Gasteiger partial charge is 0.248 e. The zero-order valence-electron chi connectivity index (χ0n) is 10.4. The van der Waals surface area contributed by atoms with Crippen LogP contribution in [-0.4, -0.2) is 39.4 Å². The zero-order chi connectivity index (χ0) is 13.1. The maximum absolute atomic E-state index is 13.0. The van der Waals surface area contributed by atoms with E-state index in [0.717, 1.165) is 0 Å². The number of alkyl halides is 2. The van der Waals surface area contributed by atoms with E-state index in [2.05, 4.69) is 5.32 Å². The second-order valence-electron chi connectivity index (χ2n) is 5.01. The maximum atomic E-state index is 13.0. The summed E-state index contributed by atoms with van der Waals surface area (Å²) in [5.41, 5.74) is 0. The van der Waals surface area contributed by atoms with E-state index in [4.69, 9.17) is 0 Å². The summed E-state index contributed by atoms with van der Waals surface area (Å²) in [5, 5.41) is 3.06. The van der Waals surface area contributed by atoms with Gasteiger partial charge in [0.25, 0.3) is 0 Å². The van der Waals surface area contributed by atoms with Gasteiger partial charge in [0.2, 0.25) is 5.92 Å². The van der Waals surface area contributed by atoms with Crippen molar-refractivity contribution in [1.29, 1.82) is 0 Å². The van der Waals surface area contributed by atoms with Crippen LogP contribution in [0.25, 0.3) is 0 Å². The second-order valence-corrected chi connectivity index (χ2v) is 7.27. The molecule has 3 nitrogen and oxygen atoms in total. The summed E-state index contributed by atoms with van der Waals surface area (Å²) in [6.07, 6.45) is 2.51. The fourth-order valence-corrected chi connectivity index (χ4v) is 3.10. The van der Waals surface area contributed by atoms with Crippen molar-refractivity contribution in [3.63, 3.8) is 0 Å². The molecule has 1 saturated carbocycles. The third-order valence-corrected chi connectivity index (χ3v) is 4.48. The highest BCUT2D eigenvalue weighted by atomic mass is 32.2. The van der Waals surface area contributed by atoms with E-state index >= 15 is 0 Å². The van der Waals surface area contributed by atoms with Crippen molar-refractivity contribution >= 4 is 9.84 Å². The average Bonchev–Trinajstić information content (AvgIpc) is 2.19. The van der Waals surface area contributed by atoms with E-state index in [1.807, 2.05) is 0 Å². The lowest BCUT2D eigenvalue weighted by atomic mass is 9.81. The minimum atomic E-state index is -2.98. The van der Waals surface area contributed by atoms with E-state index < -0.39 is 15.8 Å². The normalized spacial score (nSPS) is 23.5. The van der Waals surface area contributed by atoms with Crippen LogP contribution in [-0.2, 0) is 9.84 Å². The Morgan fingerprint density at radius 2 is 1.88 bits per heavy atom.